The molecule has 130 valence electrons. The Bertz CT molecular complexity index is 894. The number of H-pyrrole nitrogens is 1. The van der Waals surface area contributed by atoms with Crippen LogP contribution in [0.3, 0.4) is 0 Å². The quantitative estimate of drug-likeness (QED) is 0.719. The Hall–Kier alpha value is -2.63. The Morgan fingerprint density at radius 3 is 3.04 bits per heavy atom. The van der Waals surface area contributed by atoms with Crippen molar-refractivity contribution in [2.24, 2.45) is 0 Å². The van der Waals surface area contributed by atoms with Crippen LogP contribution >= 0.6 is 0 Å². The van der Waals surface area contributed by atoms with Gasteiger partial charge >= 0.3 is 0 Å². The zero-order chi connectivity index (χ0) is 17.2. The molecule has 0 fully saturated rings. The van der Waals surface area contributed by atoms with Gasteiger partial charge < -0.3 is 9.88 Å². The van der Waals surface area contributed by atoms with Gasteiger partial charge in [0.15, 0.2) is 0 Å². The maximum Gasteiger partial charge on any atom is 0.243 e. The molecule has 2 heterocycles. The fourth-order valence-corrected chi connectivity index (χ4v) is 3.60. The maximum absolute atomic E-state index is 12.6. The SMILES string of the molecule is C[C@@H](C(=O)NCc1n[nH]c2c1CCCCC2)n1cnc2ccccc21. The van der Waals surface area contributed by atoms with Gasteiger partial charge in [-0.25, -0.2) is 4.98 Å². The number of benzene rings is 1. The third-order valence-corrected chi connectivity index (χ3v) is 5.10. The molecule has 3 aromatic rings. The molecule has 0 saturated carbocycles. The first-order valence-corrected chi connectivity index (χ1v) is 8.98. The number of nitrogens with zero attached hydrogens (tertiary/aromatic N) is 3. The number of hydrogen-bond acceptors (Lipinski definition) is 3. The number of imidazole rings is 1. The van der Waals surface area contributed by atoms with Crippen molar-refractivity contribution in [2.75, 3.05) is 0 Å². The molecule has 6 nitrogen and oxygen atoms in total. The number of amides is 1. The van der Waals surface area contributed by atoms with Gasteiger partial charge in [0.1, 0.15) is 6.04 Å². The van der Waals surface area contributed by atoms with Crippen LogP contribution in [0.4, 0.5) is 0 Å². The summed E-state index contributed by atoms with van der Waals surface area (Å²) >= 11 is 0. The van der Waals surface area contributed by atoms with Crippen LogP contribution in [0.5, 0.6) is 0 Å². The minimum absolute atomic E-state index is 0.0199. The van der Waals surface area contributed by atoms with Crippen LogP contribution in [0.15, 0.2) is 30.6 Å². The molecule has 6 heteroatoms. The van der Waals surface area contributed by atoms with Gasteiger partial charge in [0.05, 0.1) is 29.6 Å². The Kier molecular flexibility index (Phi) is 4.26. The third kappa shape index (κ3) is 3.04. The Labute approximate surface area is 146 Å². The zero-order valence-electron chi connectivity index (χ0n) is 14.5. The fraction of sp³-hybridized carbons (Fsp3) is 0.421. The number of aromatic amines is 1. The second-order valence-corrected chi connectivity index (χ2v) is 6.72. The van der Waals surface area contributed by atoms with Crippen LogP contribution in [-0.2, 0) is 24.2 Å². The number of para-hydroxylation sites is 2. The van der Waals surface area contributed by atoms with E-state index in [1.54, 1.807) is 6.33 Å². The lowest BCUT2D eigenvalue weighted by Gasteiger charge is -2.14. The van der Waals surface area contributed by atoms with Crippen molar-refractivity contribution in [1.82, 2.24) is 25.1 Å². The predicted molar refractivity (Wildman–Crippen MR) is 96.1 cm³/mol. The van der Waals surface area contributed by atoms with Gasteiger partial charge in [-0.2, -0.15) is 5.10 Å². The molecule has 1 aliphatic rings. The lowest BCUT2D eigenvalue weighted by atomic mass is 10.1. The number of aryl methyl sites for hydroxylation is 1. The molecule has 0 bridgehead atoms. The lowest BCUT2D eigenvalue weighted by molar-refractivity contribution is -0.124. The van der Waals surface area contributed by atoms with Crippen molar-refractivity contribution >= 4 is 16.9 Å². The summed E-state index contributed by atoms with van der Waals surface area (Å²) in [6.45, 7) is 2.37. The van der Waals surface area contributed by atoms with Gasteiger partial charge in [-0.05, 0) is 50.3 Å². The minimum atomic E-state index is -0.315. The van der Waals surface area contributed by atoms with Gasteiger partial charge in [-0.1, -0.05) is 18.6 Å². The second kappa shape index (κ2) is 6.70. The average Bonchev–Trinajstić information content (AvgIpc) is 3.16. The molecular formula is C19H23N5O. The summed E-state index contributed by atoms with van der Waals surface area (Å²) in [5.74, 6) is -0.0199. The molecule has 0 unspecified atom stereocenters. The topological polar surface area (TPSA) is 75.6 Å². The van der Waals surface area contributed by atoms with Gasteiger partial charge in [0, 0.05) is 5.69 Å². The molecule has 0 saturated heterocycles. The van der Waals surface area contributed by atoms with E-state index < -0.39 is 0 Å². The van der Waals surface area contributed by atoms with Crippen molar-refractivity contribution in [3.8, 4) is 0 Å². The fourth-order valence-electron chi connectivity index (χ4n) is 3.60. The van der Waals surface area contributed by atoms with Crippen molar-refractivity contribution in [1.29, 1.82) is 0 Å². The highest BCUT2D eigenvalue weighted by Crippen LogP contribution is 2.22. The van der Waals surface area contributed by atoms with E-state index in [9.17, 15) is 4.79 Å². The van der Waals surface area contributed by atoms with Crippen LogP contribution in [0, 0.1) is 0 Å². The van der Waals surface area contributed by atoms with Crippen molar-refractivity contribution in [3.05, 3.63) is 47.5 Å². The third-order valence-electron chi connectivity index (χ3n) is 5.10. The standard InChI is InChI=1S/C19H23N5O/c1-13(24-12-21-16-9-5-6-10-18(16)24)19(25)20-11-17-14-7-3-2-4-8-15(14)22-23-17/h5-6,9-10,12-13H,2-4,7-8,11H2,1H3,(H,20,25)(H,22,23)/t13-/m0/s1. The normalized spacial score (nSPS) is 15.6. The van der Waals surface area contributed by atoms with Crippen LogP contribution in [0.2, 0.25) is 0 Å². The molecule has 2 N–H and O–H groups in total. The first-order valence-electron chi connectivity index (χ1n) is 8.98. The first-order chi connectivity index (χ1) is 12.2. The summed E-state index contributed by atoms with van der Waals surface area (Å²) in [5, 5.41) is 10.6. The van der Waals surface area contributed by atoms with Crippen molar-refractivity contribution in [3.63, 3.8) is 0 Å². The van der Waals surface area contributed by atoms with Crippen molar-refractivity contribution < 1.29 is 4.79 Å². The van der Waals surface area contributed by atoms with Crippen LogP contribution in [0.1, 0.15) is 49.2 Å². The van der Waals surface area contributed by atoms with Crippen LogP contribution in [0.25, 0.3) is 11.0 Å². The van der Waals surface area contributed by atoms with Crippen LogP contribution < -0.4 is 5.32 Å². The van der Waals surface area contributed by atoms with E-state index in [1.165, 1.54) is 30.5 Å². The van der Waals surface area contributed by atoms with Gasteiger partial charge in [0.25, 0.3) is 0 Å². The number of carbonyl (C=O) groups excluding carboxylic acids is 1. The molecule has 25 heavy (non-hydrogen) atoms. The highest BCUT2D eigenvalue weighted by Gasteiger charge is 2.19. The monoisotopic (exact) mass is 337 g/mol. The number of rotatable bonds is 4. The van der Waals surface area contributed by atoms with Crippen molar-refractivity contribution in [2.45, 2.75) is 51.6 Å². The first kappa shape index (κ1) is 15.9. The van der Waals surface area contributed by atoms with E-state index in [0.29, 0.717) is 6.54 Å². The molecule has 1 atom stereocenters. The van der Waals surface area contributed by atoms with E-state index in [2.05, 4.69) is 20.5 Å². The van der Waals surface area contributed by atoms with E-state index in [0.717, 1.165) is 29.6 Å². The molecule has 1 aromatic carbocycles. The zero-order valence-corrected chi connectivity index (χ0v) is 14.5. The largest absolute Gasteiger partial charge is 0.349 e. The molecule has 4 rings (SSSR count). The number of fused-ring (bicyclic) bond motifs is 2. The van der Waals surface area contributed by atoms with E-state index >= 15 is 0 Å². The predicted octanol–water partition coefficient (Wildman–Crippen LogP) is 2.91. The number of hydrogen-bond donors (Lipinski definition) is 2. The lowest BCUT2D eigenvalue weighted by Crippen LogP contribution is -2.30. The van der Waals surface area contributed by atoms with Crippen LogP contribution in [-0.4, -0.2) is 25.7 Å². The Morgan fingerprint density at radius 1 is 1.28 bits per heavy atom. The second-order valence-electron chi connectivity index (χ2n) is 6.72. The maximum atomic E-state index is 12.6. The molecule has 2 aromatic heterocycles. The number of nitrogens with one attached hydrogen (secondary N) is 2. The van der Waals surface area contributed by atoms with E-state index in [4.69, 9.17) is 0 Å². The highest BCUT2D eigenvalue weighted by atomic mass is 16.2. The van der Waals surface area contributed by atoms with Gasteiger partial charge in [0.2, 0.25) is 5.91 Å². The number of aromatic nitrogens is 4. The number of carbonyl (C=O) groups is 1. The highest BCUT2D eigenvalue weighted by molar-refractivity contribution is 5.83. The summed E-state index contributed by atoms with van der Waals surface area (Å²) in [7, 11) is 0. The molecule has 1 aliphatic carbocycles. The molecule has 0 radical (unpaired) electrons. The van der Waals surface area contributed by atoms with E-state index in [1.807, 2.05) is 35.8 Å². The minimum Gasteiger partial charge on any atom is -0.349 e. The smallest absolute Gasteiger partial charge is 0.243 e. The molecule has 0 spiro atoms. The molecule has 1 amide bonds. The summed E-state index contributed by atoms with van der Waals surface area (Å²) in [6.07, 6.45) is 7.53. The summed E-state index contributed by atoms with van der Waals surface area (Å²) < 4.78 is 1.91. The Morgan fingerprint density at radius 2 is 2.12 bits per heavy atom. The Balaban J connectivity index is 1.46. The molecule has 0 aliphatic heterocycles. The molecular weight excluding hydrogens is 314 g/mol. The average molecular weight is 337 g/mol. The summed E-state index contributed by atoms with van der Waals surface area (Å²) in [4.78, 5) is 17.0. The van der Waals surface area contributed by atoms with Gasteiger partial charge in [-0.3, -0.25) is 9.89 Å². The summed E-state index contributed by atoms with van der Waals surface area (Å²) in [5.41, 5.74) is 5.40. The summed E-state index contributed by atoms with van der Waals surface area (Å²) in [6, 6.07) is 7.54. The van der Waals surface area contributed by atoms with E-state index in [-0.39, 0.29) is 11.9 Å². The van der Waals surface area contributed by atoms with Gasteiger partial charge in [-0.15, -0.1) is 0 Å².